The Bertz CT molecular complexity index is 465. The number of nitrogens with one attached hydrogen (secondary N) is 1. The van der Waals surface area contributed by atoms with Crippen molar-refractivity contribution in [2.45, 2.75) is 6.42 Å². The van der Waals surface area contributed by atoms with Gasteiger partial charge in [-0.1, -0.05) is 11.8 Å². The molecule has 5 heteroatoms. The van der Waals surface area contributed by atoms with E-state index in [2.05, 4.69) is 32.3 Å². The van der Waals surface area contributed by atoms with Crippen molar-refractivity contribution in [1.82, 2.24) is 0 Å². The number of halogens is 1. The van der Waals surface area contributed by atoms with Crippen LogP contribution in [0, 0.1) is 11.3 Å². The molecule has 1 aromatic carbocycles. The van der Waals surface area contributed by atoms with Gasteiger partial charge in [0.25, 0.3) is 0 Å². The van der Waals surface area contributed by atoms with Crippen LogP contribution in [0.4, 0.5) is 5.69 Å². The fourth-order valence-corrected chi connectivity index (χ4v) is 2.65. The normalized spacial score (nSPS) is 15.1. The molecule has 0 amide bonds. The molecular weight excluding hydrogens is 286 g/mol. The van der Waals surface area contributed by atoms with Crippen LogP contribution in [0.15, 0.2) is 27.7 Å². The Balaban J connectivity index is 2.15. The molecule has 0 aliphatic carbocycles. The molecule has 1 N–H and O–H groups in total. The average molecular weight is 296 g/mol. The minimum absolute atomic E-state index is 0.649. The molecule has 1 aromatic rings. The zero-order valence-electron chi connectivity index (χ0n) is 8.53. The van der Waals surface area contributed by atoms with Crippen LogP contribution in [0.2, 0.25) is 0 Å². The molecule has 3 nitrogen and oxygen atoms in total. The third-order valence-electron chi connectivity index (χ3n) is 2.14. The van der Waals surface area contributed by atoms with E-state index < -0.39 is 0 Å². The Morgan fingerprint density at radius 2 is 2.38 bits per heavy atom. The molecule has 0 radical (unpaired) electrons. The molecule has 0 saturated heterocycles. The van der Waals surface area contributed by atoms with Gasteiger partial charge < -0.3 is 5.32 Å². The zero-order chi connectivity index (χ0) is 11.4. The summed E-state index contributed by atoms with van der Waals surface area (Å²) < 4.78 is 0.889. The highest BCUT2D eigenvalue weighted by Gasteiger charge is 2.08. The van der Waals surface area contributed by atoms with Crippen LogP contribution in [0.25, 0.3) is 0 Å². The number of nitriles is 1. The summed E-state index contributed by atoms with van der Waals surface area (Å²) >= 11 is 5.17. The topological polar surface area (TPSA) is 48.2 Å². The monoisotopic (exact) mass is 295 g/mol. The van der Waals surface area contributed by atoms with Crippen molar-refractivity contribution < 1.29 is 0 Å². The van der Waals surface area contributed by atoms with Crippen LogP contribution in [-0.2, 0) is 0 Å². The molecule has 2 rings (SSSR count). The van der Waals surface area contributed by atoms with E-state index in [4.69, 9.17) is 5.26 Å². The molecule has 16 heavy (non-hydrogen) atoms. The van der Waals surface area contributed by atoms with Crippen LogP contribution in [0.1, 0.15) is 12.0 Å². The maximum Gasteiger partial charge on any atom is 0.161 e. The maximum atomic E-state index is 8.76. The van der Waals surface area contributed by atoms with Crippen molar-refractivity contribution in [3.8, 4) is 6.07 Å². The van der Waals surface area contributed by atoms with Crippen LogP contribution in [0.3, 0.4) is 0 Å². The van der Waals surface area contributed by atoms with Crippen molar-refractivity contribution in [2.75, 3.05) is 17.6 Å². The molecule has 82 valence electrons. The van der Waals surface area contributed by atoms with Gasteiger partial charge in [-0.2, -0.15) is 5.26 Å². The second-order valence-electron chi connectivity index (χ2n) is 3.32. The number of benzene rings is 1. The minimum atomic E-state index is 0.649. The Kier molecular flexibility index (Phi) is 3.86. The van der Waals surface area contributed by atoms with Gasteiger partial charge in [-0.25, -0.2) is 0 Å². The summed E-state index contributed by atoms with van der Waals surface area (Å²) in [6, 6.07) is 7.59. The lowest BCUT2D eigenvalue weighted by atomic mass is 10.2. The van der Waals surface area contributed by atoms with E-state index in [1.807, 2.05) is 6.07 Å². The van der Waals surface area contributed by atoms with E-state index in [-0.39, 0.29) is 0 Å². The SMILES string of the molecule is N#Cc1ccc(NC2=NCCCS2)c(Br)c1. The number of hydrogen-bond donors (Lipinski definition) is 1. The van der Waals surface area contributed by atoms with E-state index in [9.17, 15) is 0 Å². The summed E-state index contributed by atoms with van der Waals surface area (Å²) in [6.07, 6.45) is 1.14. The summed E-state index contributed by atoms with van der Waals surface area (Å²) in [5.41, 5.74) is 1.60. The third-order valence-corrected chi connectivity index (χ3v) is 3.79. The van der Waals surface area contributed by atoms with Gasteiger partial charge in [0, 0.05) is 16.8 Å². The van der Waals surface area contributed by atoms with Crippen molar-refractivity contribution in [3.63, 3.8) is 0 Å². The largest absolute Gasteiger partial charge is 0.334 e. The second kappa shape index (κ2) is 5.37. The highest BCUT2D eigenvalue weighted by Crippen LogP contribution is 2.25. The number of hydrogen-bond acceptors (Lipinski definition) is 4. The fourth-order valence-electron chi connectivity index (χ4n) is 1.34. The summed E-state index contributed by atoms with van der Waals surface area (Å²) in [5, 5.41) is 13.0. The van der Waals surface area contributed by atoms with Gasteiger partial charge in [-0.3, -0.25) is 4.99 Å². The Hall–Kier alpha value is -0.990. The highest BCUT2D eigenvalue weighted by molar-refractivity contribution is 9.10. The van der Waals surface area contributed by atoms with Crippen LogP contribution >= 0.6 is 27.7 Å². The highest BCUT2D eigenvalue weighted by atomic mass is 79.9. The quantitative estimate of drug-likeness (QED) is 0.865. The molecule has 0 bridgehead atoms. The first kappa shape index (κ1) is 11.5. The van der Waals surface area contributed by atoms with Crippen molar-refractivity contribution >= 4 is 38.5 Å². The van der Waals surface area contributed by atoms with Crippen LogP contribution in [0.5, 0.6) is 0 Å². The third kappa shape index (κ3) is 2.77. The fraction of sp³-hybridized carbons (Fsp3) is 0.273. The maximum absolute atomic E-state index is 8.76. The van der Waals surface area contributed by atoms with Crippen LogP contribution in [-0.4, -0.2) is 17.5 Å². The lowest BCUT2D eigenvalue weighted by Crippen LogP contribution is -2.13. The lowest BCUT2D eigenvalue weighted by Gasteiger charge is -2.14. The molecule has 1 heterocycles. The first-order chi connectivity index (χ1) is 7.79. The van der Waals surface area contributed by atoms with Gasteiger partial charge in [0.2, 0.25) is 0 Å². The number of anilines is 1. The molecule has 0 spiro atoms. The summed E-state index contributed by atoms with van der Waals surface area (Å²) in [5.74, 6) is 1.11. The second-order valence-corrected chi connectivity index (χ2v) is 5.26. The van der Waals surface area contributed by atoms with Crippen molar-refractivity contribution in [1.29, 1.82) is 5.26 Å². The predicted octanol–water partition coefficient (Wildman–Crippen LogP) is 3.23. The van der Waals surface area contributed by atoms with E-state index in [0.717, 1.165) is 34.0 Å². The standard InChI is InChI=1S/C11H10BrN3S/c12-9-6-8(7-13)2-3-10(9)15-11-14-4-1-5-16-11/h2-3,6H,1,4-5H2,(H,14,15). The molecule has 0 atom stereocenters. The van der Waals surface area contributed by atoms with Gasteiger partial charge >= 0.3 is 0 Å². The molecule has 1 aliphatic heterocycles. The van der Waals surface area contributed by atoms with Crippen LogP contribution < -0.4 is 5.32 Å². The lowest BCUT2D eigenvalue weighted by molar-refractivity contribution is 0.938. The number of thioether (sulfide) groups is 1. The van der Waals surface area contributed by atoms with Gasteiger partial charge in [-0.15, -0.1) is 0 Å². The Labute approximate surface area is 107 Å². The smallest absolute Gasteiger partial charge is 0.161 e. The molecule has 0 unspecified atom stereocenters. The van der Waals surface area contributed by atoms with E-state index in [1.54, 1.807) is 23.9 Å². The van der Waals surface area contributed by atoms with Crippen molar-refractivity contribution in [3.05, 3.63) is 28.2 Å². The summed E-state index contributed by atoms with van der Waals surface area (Å²) in [6.45, 7) is 0.892. The Morgan fingerprint density at radius 1 is 1.50 bits per heavy atom. The zero-order valence-corrected chi connectivity index (χ0v) is 10.9. The number of amidine groups is 1. The summed E-state index contributed by atoms with van der Waals surface area (Å²) in [4.78, 5) is 4.39. The van der Waals surface area contributed by atoms with E-state index in [0.29, 0.717) is 5.56 Å². The molecule has 0 aromatic heterocycles. The van der Waals surface area contributed by atoms with Gasteiger partial charge in [0.15, 0.2) is 5.17 Å². The van der Waals surface area contributed by atoms with E-state index in [1.165, 1.54) is 0 Å². The van der Waals surface area contributed by atoms with E-state index >= 15 is 0 Å². The first-order valence-electron chi connectivity index (χ1n) is 4.93. The number of aliphatic imine (C=N–C) groups is 1. The number of rotatable bonds is 1. The average Bonchev–Trinajstić information content (AvgIpc) is 2.33. The first-order valence-corrected chi connectivity index (χ1v) is 6.71. The Morgan fingerprint density at radius 3 is 3.00 bits per heavy atom. The molecule has 0 fully saturated rings. The molecular formula is C11H10BrN3S. The molecule has 0 saturated carbocycles. The van der Waals surface area contributed by atoms with Gasteiger partial charge in [0.1, 0.15) is 0 Å². The number of nitrogens with zero attached hydrogens (tertiary/aromatic N) is 2. The minimum Gasteiger partial charge on any atom is -0.334 e. The van der Waals surface area contributed by atoms with Crippen molar-refractivity contribution in [2.24, 2.45) is 4.99 Å². The predicted molar refractivity (Wildman–Crippen MR) is 71.9 cm³/mol. The molecule has 1 aliphatic rings. The summed E-state index contributed by atoms with van der Waals surface area (Å²) in [7, 11) is 0. The van der Waals surface area contributed by atoms with Gasteiger partial charge in [-0.05, 0) is 40.5 Å². The van der Waals surface area contributed by atoms with Gasteiger partial charge in [0.05, 0.1) is 17.3 Å².